The highest BCUT2D eigenvalue weighted by atomic mass is 32.1. The van der Waals surface area contributed by atoms with Crippen LogP contribution in [0.1, 0.15) is 17.3 Å². The Morgan fingerprint density at radius 1 is 1.14 bits per heavy atom. The van der Waals surface area contributed by atoms with Gasteiger partial charge in [0.1, 0.15) is 11.2 Å². The van der Waals surface area contributed by atoms with Gasteiger partial charge in [-0.25, -0.2) is 9.66 Å². The quantitative estimate of drug-likeness (QED) is 0.538. The van der Waals surface area contributed by atoms with Crippen LogP contribution in [0.15, 0.2) is 58.3 Å². The summed E-state index contributed by atoms with van der Waals surface area (Å²) in [4.78, 5) is 42.6. The van der Waals surface area contributed by atoms with Gasteiger partial charge in [-0.1, -0.05) is 12.1 Å². The average molecular weight is 410 g/mol. The Morgan fingerprint density at radius 2 is 2.00 bits per heavy atom. The topological polar surface area (TPSA) is 93.1 Å². The molecule has 7 nitrogen and oxygen atoms in total. The second kappa shape index (κ2) is 7.37. The average Bonchev–Trinajstić information content (AvgIpc) is 3.33. The van der Waals surface area contributed by atoms with Crippen LogP contribution in [0.3, 0.4) is 0 Å². The maximum Gasteiger partial charge on any atom is 0.281 e. The second-order valence-corrected chi connectivity index (χ2v) is 7.74. The van der Waals surface area contributed by atoms with Crippen LogP contribution in [0.5, 0.6) is 0 Å². The minimum atomic E-state index is -0.483. The van der Waals surface area contributed by atoms with Crippen LogP contribution in [0.25, 0.3) is 20.7 Å². The Hall–Kier alpha value is -3.30. The summed E-state index contributed by atoms with van der Waals surface area (Å²) in [5.41, 5.74) is 3.83. The summed E-state index contributed by atoms with van der Waals surface area (Å²) in [5.74, 6) is -0.717. The van der Waals surface area contributed by atoms with E-state index >= 15 is 0 Å². The van der Waals surface area contributed by atoms with Crippen molar-refractivity contribution in [1.82, 2.24) is 9.66 Å². The molecule has 4 rings (SSSR count). The predicted octanol–water partition coefficient (Wildman–Crippen LogP) is 3.53. The lowest BCUT2D eigenvalue weighted by molar-refractivity contribution is -0.114. The number of hydrogen-bond acceptors (Lipinski definition) is 6. The zero-order valence-corrected chi connectivity index (χ0v) is 16.3. The summed E-state index contributed by atoms with van der Waals surface area (Å²) in [6, 6.07) is 10.3. The van der Waals surface area contributed by atoms with Crippen LogP contribution in [0.2, 0.25) is 0 Å². The first-order chi connectivity index (χ1) is 13.5. The highest BCUT2D eigenvalue weighted by Crippen LogP contribution is 2.33. The summed E-state index contributed by atoms with van der Waals surface area (Å²) in [5, 5.41) is 6.93. The van der Waals surface area contributed by atoms with E-state index < -0.39 is 5.91 Å². The number of nitrogens with one attached hydrogen (secondary N) is 2. The van der Waals surface area contributed by atoms with Gasteiger partial charge in [0.15, 0.2) is 0 Å². The molecule has 0 aliphatic heterocycles. The van der Waals surface area contributed by atoms with Gasteiger partial charge in [0.05, 0.1) is 5.39 Å². The van der Waals surface area contributed by atoms with Gasteiger partial charge in [-0.2, -0.15) is 0 Å². The molecular formula is C19H14N4O3S2. The largest absolute Gasteiger partial charge is 0.326 e. The number of anilines is 1. The van der Waals surface area contributed by atoms with Crippen molar-refractivity contribution in [2.75, 3.05) is 10.7 Å². The standard InChI is InChI=1S/C19H14N4O3S2/c1-11(24)21-13-5-2-4-12(8-13)17(25)22-23-10-20-18-16(19(23)26)14(9-28-18)15-6-3-7-27-15/h2-10H,1H3,(H,21,24)(H,22,25). The number of amides is 2. The molecule has 0 aliphatic carbocycles. The van der Waals surface area contributed by atoms with Crippen LogP contribution in [-0.2, 0) is 4.79 Å². The lowest BCUT2D eigenvalue weighted by Crippen LogP contribution is -2.33. The third-order valence-electron chi connectivity index (χ3n) is 3.95. The SMILES string of the molecule is CC(=O)Nc1cccc(C(=O)Nn2cnc3scc(-c4cccs4)c3c2=O)c1. The molecule has 0 saturated heterocycles. The van der Waals surface area contributed by atoms with Crippen LogP contribution in [0.4, 0.5) is 5.69 Å². The highest BCUT2D eigenvalue weighted by Gasteiger charge is 2.15. The summed E-state index contributed by atoms with van der Waals surface area (Å²) in [7, 11) is 0. The van der Waals surface area contributed by atoms with Crippen molar-refractivity contribution < 1.29 is 9.59 Å². The number of rotatable bonds is 4. The van der Waals surface area contributed by atoms with Crippen LogP contribution in [0, 0.1) is 0 Å². The molecule has 0 spiro atoms. The van der Waals surface area contributed by atoms with Crippen LogP contribution < -0.4 is 16.3 Å². The van der Waals surface area contributed by atoms with E-state index in [4.69, 9.17) is 0 Å². The monoisotopic (exact) mass is 410 g/mol. The summed E-state index contributed by atoms with van der Waals surface area (Å²) in [6.45, 7) is 1.39. The third kappa shape index (κ3) is 3.45. The van der Waals surface area contributed by atoms with E-state index in [9.17, 15) is 14.4 Å². The van der Waals surface area contributed by atoms with Gasteiger partial charge in [0.2, 0.25) is 5.91 Å². The number of aromatic nitrogens is 2. The van der Waals surface area contributed by atoms with Crippen molar-refractivity contribution in [2.24, 2.45) is 0 Å². The lowest BCUT2D eigenvalue weighted by atomic mass is 10.2. The van der Waals surface area contributed by atoms with Gasteiger partial charge in [-0.15, -0.1) is 22.7 Å². The zero-order valence-electron chi connectivity index (χ0n) is 14.6. The second-order valence-electron chi connectivity index (χ2n) is 5.93. The van der Waals surface area contributed by atoms with Crippen molar-refractivity contribution in [3.63, 3.8) is 0 Å². The lowest BCUT2D eigenvalue weighted by Gasteiger charge is -2.09. The van der Waals surface area contributed by atoms with Crippen molar-refractivity contribution in [3.8, 4) is 10.4 Å². The van der Waals surface area contributed by atoms with Gasteiger partial charge in [-0.3, -0.25) is 19.8 Å². The number of nitrogens with zero attached hydrogens (tertiary/aromatic N) is 2. The Kier molecular flexibility index (Phi) is 4.76. The van der Waals surface area contributed by atoms with E-state index in [0.717, 1.165) is 15.1 Å². The smallest absolute Gasteiger partial charge is 0.281 e. The van der Waals surface area contributed by atoms with E-state index in [0.29, 0.717) is 21.5 Å². The van der Waals surface area contributed by atoms with E-state index in [1.54, 1.807) is 18.2 Å². The molecule has 0 saturated carbocycles. The van der Waals surface area contributed by atoms with Gasteiger partial charge in [-0.05, 0) is 29.6 Å². The molecule has 0 aliphatic rings. The van der Waals surface area contributed by atoms with E-state index in [-0.39, 0.29) is 11.5 Å². The number of carbonyl (C=O) groups excluding carboxylic acids is 2. The molecule has 2 amide bonds. The molecule has 0 atom stereocenters. The number of thiophene rings is 2. The molecule has 2 N–H and O–H groups in total. The van der Waals surface area contributed by atoms with Gasteiger partial charge in [0.25, 0.3) is 11.5 Å². The molecule has 0 radical (unpaired) electrons. The summed E-state index contributed by atoms with van der Waals surface area (Å²) >= 11 is 2.92. The predicted molar refractivity (Wildman–Crippen MR) is 112 cm³/mol. The van der Waals surface area contributed by atoms with Crippen molar-refractivity contribution in [2.45, 2.75) is 6.92 Å². The number of fused-ring (bicyclic) bond motifs is 1. The van der Waals surface area contributed by atoms with Crippen molar-refractivity contribution in [1.29, 1.82) is 0 Å². The fourth-order valence-corrected chi connectivity index (χ4v) is 4.46. The van der Waals surface area contributed by atoms with Gasteiger partial charge < -0.3 is 5.32 Å². The molecule has 0 fully saturated rings. The molecular weight excluding hydrogens is 396 g/mol. The third-order valence-corrected chi connectivity index (χ3v) is 5.74. The first-order valence-electron chi connectivity index (χ1n) is 8.24. The fourth-order valence-electron chi connectivity index (χ4n) is 2.74. The fraction of sp³-hybridized carbons (Fsp3) is 0.0526. The molecule has 9 heteroatoms. The normalized spacial score (nSPS) is 10.8. The molecule has 140 valence electrons. The minimum absolute atomic E-state index is 0.234. The molecule has 0 unspecified atom stereocenters. The van der Waals surface area contributed by atoms with E-state index in [1.807, 2.05) is 22.9 Å². The maximum atomic E-state index is 12.9. The highest BCUT2D eigenvalue weighted by molar-refractivity contribution is 7.18. The number of benzene rings is 1. The Balaban J connectivity index is 1.68. The molecule has 4 aromatic rings. The molecule has 3 aromatic heterocycles. The first-order valence-corrected chi connectivity index (χ1v) is 10.0. The molecule has 3 heterocycles. The first kappa shape index (κ1) is 18.1. The Morgan fingerprint density at radius 3 is 2.75 bits per heavy atom. The summed E-state index contributed by atoms with van der Waals surface area (Å²) in [6.07, 6.45) is 1.30. The Labute approximate surface area is 167 Å². The minimum Gasteiger partial charge on any atom is -0.326 e. The molecule has 1 aromatic carbocycles. The molecule has 28 heavy (non-hydrogen) atoms. The van der Waals surface area contributed by atoms with Crippen molar-refractivity contribution in [3.05, 3.63) is 69.4 Å². The maximum absolute atomic E-state index is 12.9. The van der Waals surface area contributed by atoms with Crippen LogP contribution in [-0.4, -0.2) is 21.5 Å². The van der Waals surface area contributed by atoms with Crippen LogP contribution >= 0.6 is 22.7 Å². The van der Waals surface area contributed by atoms with E-state index in [2.05, 4.69) is 15.7 Å². The van der Waals surface area contributed by atoms with Crippen molar-refractivity contribution >= 4 is 50.4 Å². The van der Waals surface area contributed by atoms with Gasteiger partial charge >= 0.3 is 0 Å². The van der Waals surface area contributed by atoms with E-state index in [1.165, 1.54) is 42.0 Å². The number of carbonyl (C=O) groups is 2. The Bertz CT molecular complexity index is 1240. The van der Waals surface area contributed by atoms with Gasteiger partial charge in [0, 0.05) is 34.0 Å². The molecule has 0 bridgehead atoms. The summed E-state index contributed by atoms with van der Waals surface area (Å²) < 4.78 is 1.08. The zero-order chi connectivity index (χ0) is 19.7. The number of hydrogen-bond donors (Lipinski definition) is 2.